The number of fused-ring (bicyclic) bond motifs is 1. The molecule has 0 aliphatic carbocycles. The SMILES string of the molecule is Cc1c(C(=O)O)sc2nc(-c3ccccc3)n(CCF)c(=O)c12. The number of carboxylic acids is 1. The van der Waals surface area contributed by atoms with Crippen molar-refractivity contribution in [3.8, 4) is 11.4 Å². The third kappa shape index (κ3) is 2.53. The van der Waals surface area contributed by atoms with Gasteiger partial charge in [0.05, 0.1) is 11.9 Å². The van der Waals surface area contributed by atoms with Crippen molar-refractivity contribution >= 4 is 27.5 Å². The quantitative estimate of drug-likeness (QED) is 0.797. The molecular weight excluding hydrogens is 319 g/mol. The smallest absolute Gasteiger partial charge is 0.346 e. The van der Waals surface area contributed by atoms with E-state index in [1.165, 1.54) is 4.57 Å². The number of aromatic nitrogens is 2. The summed E-state index contributed by atoms with van der Waals surface area (Å²) in [6, 6.07) is 8.99. The van der Waals surface area contributed by atoms with E-state index < -0.39 is 18.2 Å². The Bertz CT molecular complexity index is 947. The van der Waals surface area contributed by atoms with Gasteiger partial charge in [-0.2, -0.15) is 0 Å². The van der Waals surface area contributed by atoms with Crippen LogP contribution in [0.3, 0.4) is 0 Å². The van der Waals surface area contributed by atoms with E-state index in [0.29, 0.717) is 21.8 Å². The number of alkyl halides is 1. The fourth-order valence-electron chi connectivity index (χ4n) is 2.52. The number of thiophene rings is 1. The number of aryl methyl sites for hydroxylation is 1. The maximum absolute atomic E-state index is 12.9. The van der Waals surface area contributed by atoms with E-state index in [0.717, 1.165) is 11.3 Å². The highest BCUT2D eigenvalue weighted by Gasteiger charge is 2.21. The number of carboxylic acid groups (broad SMARTS) is 1. The molecule has 23 heavy (non-hydrogen) atoms. The lowest BCUT2D eigenvalue weighted by molar-refractivity contribution is 0.0701. The number of aromatic carboxylic acids is 1. The van der Waals surface area contributed by atoms with Crippen LogP contribution in [-0.4, -0.2) is 27.3 Å². The first-order valence-electron chi connectivity index (χ1n) is 6.93. The molecule has 2 heterocycles. The zero-order chi connectivity index (χ0) is 16.6. The van der Waals surface area contributed by atoms with E-state index in [9.17, 15) is 19.1 Å². The second kappa shape index (κ2) is 5.92. The van der Waals surface area contributed by atoms with Gasteiger partial charge in [0.15, 0.2) is 0 Å². The summed E-state index contributed by atoms with van der Waals surface area (Å²) in [5.74, 6) is -0.748. The summed E-state index contributed by atoms with van der Waals surface area (Å²) in [4.78, 5) is 28.9. The van der Waals surface area contributed by atoms with Gasteiger partial charge in [0.25, 0.3) is 5.56 Å². The largest absolute Gasteiger partial charge is 0.477 e. The number of carbonyl (C=O) groups is 1. The van der Waals surface area contributed by atoms with Crippen LogP contribution in [0.1, 0.15) is 15.2 Å². The van der Waals surface area contributed by atoms with Gasteiger partial charge in [-0.25, -0.2) is 14.2 Å². The molecule has 0 spiro atoms. The molecule has 2 aromatic heterocycles. The van der Waals surface area contributed by atoms with E-state index in [2.05, 4.69) is 4.98 Å². The zero-order valence-electron chi connectivity index (χ0n) is 12.2. The average molecular weight is 332 g/mol. The van der Waals surface area contributed by atoms with Crippen molar-refractivity contribution in [2.24, 2.45) is 0 Å². The van der Waals surface area contributed by atoms with Gasteiger partial charge < -0.3 is 5.11 Å². The molecule has 0 aliphatic rings. The van der Waals surface area contributed by atoms with E-state index in [1.807, 2.05) is 6.07 Å². The van der Waals surface area contributed by atoms with E-state index >= 15 is 0 Å². The number of nitrogens with zero attached hydrogens (tertiary/aromatic N) is 2. The summed E-state index contributed by atoms with van der Waals surface area (Å²) < 4.78 is 14.2. The second-order valence-corrected chi connectivity index (χ2v) is 5.99. The molecule has 118 valence electrons. The minimum Gasteiger partial charge on any atom is -0.477 e. The first kappa shape index (κ1) is 15.4. The molecule has 5 nitrogen and oxygen atoms in total. The molecule has 0 saturated carbocycles. The molecule has 0 aliphatic heterocycles. The highest BCUT2D eigenvalue weighted by Crippen LogP contribution is 2.29. The minimum atomic E-state index is -1.09. The van der Waals surface area contributed by atoms with Crippen LogP contribution >= 0.6 is 11.3 Å². The van der Waals surface area contributed by atoms with Crippen LogP contribution in [0.15, 0.2) is 35.1 Å². The van der Waals surface area contributed by atoms with Gasteiger partial charge in [-0.3, -0.25) is 9.36 Å². The number of benzene rings is 1. The predicted molar refractivity (Wildman–Crippen MR) is 87.0 cm³/mol. The molecule has 0 bridgehead atoms. The first-order chi connectivity index (χ1) is 11.0. The van der Waals surface area contributed by atoms with Crippen molar-refractivity contribution in [3.63, 3.8) is 0 Å². The Morgan fingerprint density at radius 3 is 2.65 bits per heavy atom. The standard InChI is InChI=1S/C16H13FN2O3S/c1-9-11-14(23-12(9)16(21)22)18-13(10-5-3-2-4-6-10)19(8-7-17)15(11)20/h2-6H,7-8H2,1H3,(H,21,22). The number of hydrogen-bond donors (Lipinski definition) is 1. The molecule has 7 heteroatoms. The van der Waals surface area contributed by atoms with Crippen LogP contribution in [0.2, 0.25) is 0 Å². The predicted octanol–water partition coefficient (Wildman–Crippen LogP) is 3.10. The normalized spacial score (nSPS) is 11.0. The fourth-order valence-corrected chi connectivity index (χ4v) is 3.53. The van der Waals surface area contributed by atoms with Gasteiger partial charge in [-0.15, -0.1) is 11.3 Å². The molecule has 3 rings (SSSR count). The molecule has 0 atom stereocenters. The molecule has 3 aromatic rings. The van der Waals surface area contributed by atoms with E-state index in [1.54, 1.807) is 31.2 Å². The third-order valence-corrected chi connectivity index (χ3v) is 4.76. The maximum atomic E-state index is 12.9. The van der Waals surface area contributed by atoms with Crippen LogP contribution in [0, 0.1) is 6.92 Å². The highest BCUT2D eigenvalue weighted by molar-refractivity contribution is 7.20. The van der Waals surface area contributed by atoms with Crippen LogP contribution in [-0.2, 0) is 6.54 Å². The number of halogens is 1. The summed E-state index contributed by atoms with van der Waals surface area (Å²) >= 11 is 0.964. The van der Waals surface area contributed by atoms with Crippen LogP contribution < -0.4 is 5.56 Å². The van der Waals surface area contributed by atoms with Crippen LogP contribution in [0.4, 0.5) is 4.39 Å². The average Bonchev–Trinajstić information content (AvgIpc) is 2.88. The maximum Gasteiger partial charge on any atom is 0.346 e. The Morgan fingerprint density at radius 2 is 2.04 bits per heavy atom. The molecule has 0 unspecified atom stereocenters. The summed E-state index contributed by atoms with van der Waals surface area (Å²) in [6.07, 6.45) is 0. The zero-order valence-corrected chi connectivity index (χ0v) is 13.1. The lowest BCUT2D eigenvalue weighted by Crippen LogP contribution is -2.24. The van der Waals surface area contributed by atoms with Crippen molar-refractivity contribution in [2.75, 3.05) is 6.67 Å². The van der Waals surface area contributed by atoms with Gasteiger partial charge in [0.2, 0.25) is 0 Å². The lowest BCUT2D eigenvalue weighted by Gasteiger charge is -2.11. The summed E-state index contributed by atoms with van der Waals surface area (Å²) in [5.41, 5.74) is 0.651. The Hall–Kier alpha value is -2.54. The third-order valence-electron chi connectivity index (χ3n) is 3.58. The second-order valence-electron chi connectivity index (χ2n) is 4.99. The van der Waals surface area contributed by atoms with Crippen molar-refractivity contribution in [1.82, 2.24) is 9.55 Å². The Kier molecular flexibility index (Phi) is 3.96. The topological polar surface area (TPSA) is 72.2 Å². The van der Waals surface area contributed by atoms with Gasteiger partial charge in [-0.05, 0) is 12.5 Å². The van der Waals surface area contributed by atoms with Gasteiger partial charge in [-0.1, -0.05) is 30.3 Å². The summed E-state index contributed by atoms with van der Waals surface area (Å²) in [6.45, 7) is 0.749. The van der Waals surface area contributed by atoms with Gasteiger partial charge in [0, 0.05) is 5.56 Å². The van der Waals surface area contributed by atoms with Crippen molar-refractivity contribution < 1.29 is 14.3 Å². The molecule has 1 N–H and O–H groups in total. The Labute approximate surface area is 134 Å². The molecule has 1 aromatic carbocycles. The molecule has 0 radical (unpaired) electrons. The first-order valence-corrected chi connectivity index (χ1v) is 7.75. The molecule has 0 saturated heterocycles. The molecular formula is C16H13FN2O3S. The fraction of sp³-hybridized carbons (Fsp3) is 0.188. The van der Waals surface area contributed by atoms with Crippen molar-refractivity contribution in [2.45, 2.75) is 13.5 Å². The van der Waals surface area contributed by atoms with Crippen molar-refractivity contribution in [3.05, 3.63) is 51.1 Å². The number of hydrogen-bond acceptors (Lipinski definition) is 4. The van der Waals surface area contributed by atoms with Crippen molar-refractivity contribution in [1.29, 1.82) is 0 Å². The lowest BCUT2D eigenvalue weighted by atomic mass is 10.2. The molecule has 0 amide bonds. The Morgan fingerprint density at radius 1 is 1.35 bits per heavy atom. The van der Waals surface area contributed by atoms with E-state index in [-0.39, 0.29) is 16.8 Å². The number of rotatable bonds is 4. The van der Waals surface area contributed by atoms with Crippen LogP contribution in [0.25, 0.3) is 21.6 Å². The van der Waals surface area contributed by atoms with Crippen LogP contribution in [0.5, 0.6) is 0 Å². The summed E-state index contributed by atoms with van der Waals surface area (Å²) in [5, 5.41) is 9.48. The molecule has 0 fully saturated rings. The monoisotopic (exact) mass is 332 g/mol. The van der Waals surface area contributed by atoms with Gasteiger partial charge >= 0.3 is 5.97 Å². The Balaban J connectivity index is 2.39. The van der Waals surface area contributed by atoms with Gasteiger partial charge in [0.1, 0.15) is 22.2 Å². The summed E-state index contributed by atoms with van der Waals surface area (Å²) in [7, 11) is 0. The van der Waals surface area contributed by atoms with E-state index in [4.69, 9.17) is 0 Å². The highest BCUT2D eigenvalue weighted by atomic mass is 32.1. The minimum absolute atomic E-state index is 0.0848.